The number of carbonyl (C=O) groups excluding carboxylic acids is 2. The van der Waals surface area contributed by atoms with E-state index < -0.39 is 0 Å². The van der Waals surface area contributed by atoms with Crippen molar-refractivity contribution < 1.29 is 9.59 Å². The number of rotatable bonds is 6. The Balaban J connectivity index is 1.51. The summed E-state index contributed by atoms with van der Waals surface area (Å²) in [6.07, 6.45) is 4.08. The first-order valence-corrected chi connectivity index (χ1v) is 8.97. The highest BCUT2D eigenvalue weighted by Gasteiger charge is 2.17. The van der Waals surface area contributed by atoms with Crippen LogP contribution in [0.2, 0.25) is 5.02 Å². The van der Waals surface area contributed by atoms with Gasteiger partial charge in [-0.05, 0) is 44.0 Å². The van der Waals surface area contributed by atoms with Crippen LogP contribution in [0, 0.1) is 13.8 Å². The van der Waals surface area contributed by atoms with Gasteiger partial charge in [0.25, 0.3) is 5.91 Å². The van der Waals surface area contributed by atoms with Gasteiger partial charge in [0.2, 0.25) is 5.91 Å². The van der Waals surface area contributed by atoms with Crippen LogP contribution >= 0.6 is 11.6 Å². The molecule has 0 spiro atoms. The molecule has 0 unspecified atom stereocenters. The highest BCUT2D eigenvalue weighted by Crippen LogP contribution is 2.15. The fourth-order valence-electron chi connectivity index (χ4n) is 2.78. The summed E-state index contributed by atoms with van der Waals surface area (Å²) in [6.45, 7) is 4.16. The Hall–Kier alpha value is -2.93. The third-order valence-corrected chi connectivity index (χ3v) is 4.32. The SMILES string of the molecule is Cc1nc2c(C)cccn2c1C(=O)NCCCC(=O)Nc1ccc(Cl)cn1. The van der Waals surface area contributed by atoms with Crippen LogP contribution in [-0.2, 0) is 4.79 Å². The number of fused-ring (bicyclic) bond motifs is 1. The molecule has 2 N–H and O–H groups in total. The van der Waals surface area contributed by atoms with Gasteiger partial charge in [0.1, 0.15) is 17.2 Å². The molecular formula is C19H20ClN5O2. The lowest BCUT2D eigenvalue weighted by Gasteiger charge is -2.07. The predicted octanol–water partition coefficient (Wildman–Crippen LogP) is 3.15. The summed E-state index contributed by atoms with van der Waals surface area (Å²) < 4.78 is 1.79. The van der Waals surface area contributed by atoms with E-state index >= 15 is 0 Å². The fourth-order valence-corrected chi connectivity index (χ4v) is 2.89. The van der Waals surface area contributed by atoms with Crippen molar-refractivity contribution in [3.05, 3.63) is 58.6 Å². The van der Waals surface area contributed by atoms with Crippen molar-refractivity contribution in [1.82, 2.24) is 19.7 Å². The Morgan fingerprint density at radius 2 is 2.04 bits per heavy atom. The molecular weight excluding hydrogens is 366 g/mol. The number of anilines is 1. The lowest BCUT2D eigenvalue weighted by atomic mass is 10.2. The highest BCUT2D eigenvalue weighted by atomic mass is 35.5. The fraction of sp³-hybridized carbons (Fsp3) is 0.263. The van der Waals surface area contributed by atoms with E-state index in [1.165, 1.54) is 6.20 Å². The van der Waals surface area contributed by atoms with Gasteiger partial charge in [-0.2, -0.15) is 0 Å². The maximum Gasteiger partial charge on any atom is 0.270 e. The minimum Gasteiger partial charge on any atom is -0.351 e. The largest absolute Gasteiger partial charge is 0.351 e. The summed E-state index contributed by atoms with van der Waals surface area (Å²) in [6, 6.07) is 7.13. The van der Waals surface area contributed by atoms with E-state index in [9.17, 15) is 9.59 Å². The van der Waals surface area contributed by atoms with Crippen LogP contribution in [0.15, 0.2) is 36.7 Å². The number of nitrogens with one attached hydrogen (secondary N) is 2. The maximum atomic E-state index is 12.5. The zero-order chi connectivity index (χ0) is 19.4. The van der Waals surface area contributed by atoms with Crippen LogP contribution in [0.25, 0.3) is 5.65 Å². The van der Waals surface area contributed by atoms with Crippen LogP contribution in [0.5, 0.6) is 0 Å². The molecule has 0 aliphatic rings. The van der Waals surface area contributed by atoms with Gasteiger partial charge >= 0.3 is 0 Å². The molecule has 0 atom stereocenters. The van der Waals surface area contributed by atoms with Gasteiger partial charge in [-0.15, -0.1) is 0 Å². The summed E-state index contributed by atoms with van der Waals surface area (Å²) >= 11 is 5.76. The number of halogens is 1. The molecule has 2 amide bonds. The molecule has 0 aliphatic heterocycles. The third-order valence-electron chi connectivity index (χ3n) is 4.10. The summed E-state index contributed by atoms with van der Waals surface area (Å²) in [4.78, 5) is 32.9. The number of nitrogens with zero attached hydrogens (tertiary/aromatic N) is 3. The van der Waals surface area contributed by atoms with Crippen molar-refractivity contribution in [3.63, 3.8) is 0 Å². The predicted molar refractivity (Wildman–Crippen MR) is 104 cm³/mol. The Bertz CT molecular complexity index is 982. The average Bonchev–Trinajstić information content (AvgIpc) is 2.98. The van der Waals surface area contributed by atoms with Gasteiger partial charge in [0.15, 0.2) is 0 Å². The zero-order valence-electron chi connectivity index (χ0n) is 15.1. The van der Waals surface area contributed by atoms with Crippen molar-refractivity contribution in [2.45, 2.75) is 26.7 Å². The van der Waals surface area contributed by atoms with Crippen molar-refractivity contribution in [2.75, 3.05) is 11.9 Å². The van der Waals surface area contributed by atoms with E-state index in [1.807, 2.05) is 32.2 Å². The Kier molecular flexibility index (Phi) is 5.71. The first-order valence-electron chi connectivity index (χ1n) is 8.59. The number of hydrogen-bond donors (Lipinski definition) is 2. The first kappa shape index (κ1) is 18.8. The number of aryl methyl sites for hydroxylation is 2. The lowest BCUT2D eigenvalue weighted by Crippen LogP contribution is -2.27. The second-order valence-electron chi connectivity index (χ2n) is 6.20. The minimum absolute atomic E-state index is 0.166. The minimum atomic E-state index is -0.203. The van der Waals surface area contributed by atoms with E-state index in [0.29, 0.717) is 35.2 Å². The number of carbonyl (C=O) groups is 2. The highest BCUT2D eigenvalue weighted by molar-refractivity contribution is 6.30. The van der Waals surface area contributed by atoms with Crippen molar-refractivity contribution in [2.24, 2.45) is 0 Å². The van der Waals surface area contributed by atoms with Crippen molar-refractivity contribution in [3.8, 4) is 0 Å². The maximum absolute atomic E-state index is 12.5. The molecule has 3 aromatic heterocycles. The van der Waals surface area contributed by atoms with Gasteiger partial charge in [0, 0.05) is 25.4 Å². The summed E-state index contributed by atoms with van der Waals surface area (Å²) in [5.41, 5.74) is 2.97. The second kappa shape index (κ2) is 8.18. The van der Waals surface area contributed by atoms with Crippen LogP contribution in [-0.4, -0.2) is 32.7 Å². The Labute approximate surface area is 161 Å². The third kappa shape index (κ3) is 4.43. The molecule has 3 aromatic rings. The molecule has 0 saturated heterocycles. The Morgan fingerprint density at radius 3 is 2.78 bits per heavy atom. The Morgan fingerprint density at radius 1 is 1.22 bits per heavy atom. The molecule has 7 nitrogen and oxygen atoms in total. The molecule has 0 saturated carbocycles. The van der Waals surface area contributed by atoms with E-state index in [-0.39, 0.29) is 18.2 Å². The normalized spacial score (nSPS) is 10.8. The summed E-state index contributed by atoms with van der Waals surface area (Å²) in [5, 5.41) is 6.05. The topological polar surface area (TPSA) is 88.4 Å². The number of pyridine rings is 2. The summed E-state index contributed by atoms with van der Waals surface area (Å²) in [5.74, 6) is 0.0798. The van der Waals surface area contributed by atoms with Crippen molar-refractivity contribution in [1.29, 1.82) is 0 Å². The van der Waals surface area contributed by atoms with Crippen molar-refractivity contribution >= 4 is 34.9 Å². The van der Waals surface area contributed by atoms with E-state index in [0.717, 1.165) is 11.2 Å². The number of hydrogen-bond acceptors (Lipinski definition) is 4. The van der Waals surface area contributed by atoms with Crippen LogP contribution in [0.1, 0.15) is 34.6 Å². The van der Waals surface area contributed by atoms with Crippen LogP contribution < -0.4 is 10.6 Å². The average molecular weight is 386 g/mol. The van der Waals surface area contributed by atoms with Gasteiger partial charge in [0.05, 0.1) is 10.7 Å². The molecule has 0 aromatic carbocycles. The monoisotopic (exact) mass is 385 g/mol. The lowest BCUT2D eigenvalue weighted by molar-refractivity contribution is -0.116. The van der Waals surface area contributed by atoms with E-state index in [2.05, 4.69) is 20.6 Å². The number of aromatic nitrogens is 3. The van der Waals surface area contributed by atoms with Crippen LogP contribution in [0.3, 0.4) is 0 Å². The second-order valence-corrected chi connectivity index (χ2v) is 6.64. The number of amides is 2. The van der Waals surface area contributed by atoms with Gasteiger partial charge in [-0.3, -0.25) is 14.0 Å². The van der Waals surface area contributed by atoms with Gasteiger partial charge in [-0.25, -0.2) is 9.97 Å². The molecule has 3 heterocycles. The molecule has 3 rings (SSSR count). The standard InChI is InChI=1S/C19H20ClN5O2/c1-12-5-4-10-25-17(13(2)23-18(12)25)19(27)21-9-3-6-16(26)24-15-8-7-14(20)11-22-15/h4-5,7-8,10-11H,3,6,9H2,1-2H3,(H,21,27)(H,22,24,26). The molecule has 8 heteroatoms. The number of imidazole rings is 1. The molecule has 0 aliphatic carbocycles. The summed E-state index contributed by atoms with van der Waals surface area (Å²) in [7, 11) is 0. The van der Waals surface area contributed by atoms with Gasteiger partial charge < -0.3 is 10.6 Å². The van der Waals surface area contributed by atoms with E-state index in [4.69, 9.17) is 11.6 Å². The molecule has 0 radical (unpaired) electrons. The quantitative estimate of drug-likeness (QED) is 0.638. The zero-order valence-corrected chi connectivity index (χ0v) is 15.9. The first-order chi connectivity index (χ1) is 13.0. The smallest absolute Gasteiger partial charge is 0.270 e. The van der Waals surface area contributed by atoms with Gasteiger partial charge in [-0.1, -0.05) is 17.7 Å². The molecule has 27 heavy (non-hydrogen) atoms. The molecule has 0 bridgehead atoms. The van der Waals surface area contributed by atoms with E-state index in [1.54, 1.807) is 16.5 Å². The molecule has 140 valence electrons. The van der Waals surface area contributed by atoms with Crippen LogP contribution in [0.4, 0.5) is 5.82 Å². The molecule has 0 fully saturated rings.